The smallest absolute Gasteiger partial charge is 0.272 e. The van der Waals surface area contributed by atoms with Gasteiger partial charge < -0.3 is 10.6 Å². The Balaban J connectivity index is 2.12. The van der Waals surface area contributed by atoms with Crippen molar-refractivity contribution in [2.24, 2.45) is 0 Å². The number of carbonyl (C=O) groups excluding carboxylic acids is 1. The van der Waals surface area contributed by atoms with Gasteiger partial charge in [0, 0.05) is 18.1 Å². The molecule has 4 nitrogen and oxygen atoms in total. The number of halogens is 1. The summed E-state index contributed by atoms with van der Waals surface area (Å²) < 4.78 is 0.993. The van der Waals surface area contributed by atoms with Gasteiger partial charge in [-0.1, -0.05) is 34.1 Å². The Morgan fingerprint density at radius 1 is 1.32 bits per heavy atom. The van der Waals surface area contributed by atoms with Crippen molar-refractivity contribution in [3.63, 3.8) is 0 Å². The molecule has 1 amide bonds. The summed E-state index contributed by atoms with van der Waals surface area (Å²) in [7, 11) is 1.74. The molecule has 1 aromatic carbocycles. The summed E-state index contributed by atoms with van der Waals surface area (Å²) in [5.41, 5.74) is 6.99. The Kier molecular flexibility index (Phi) is 4.16. The molecule has 19 heavy (non-hydrogen) atoms. The van der Waals surface area contributed by atoms with E-state index in [-0.39, 0.29) is 5.91 Å². The van der Waals surface area contributed by atoms with E-state index in [2.05, 4.69) is 20.9 Å². The van der Waals surface area contributed by atoms with Crippen LogP contribution in [0.25, 0.3) is 0 Å². The average Bonchev–Trinajstić information content (AvgIpc) is 2.38. The molecule has 0 spiro atoms. The van der Waals surface area contributed by atoms with Crippen LogP contribution in [0.2, 0.25) is 0 Å². The molecule has 0 aliphatic carbocycles. The zero-order valence-electron chi connectivity index (χ0n) is 10.5. The first kappa shape index (κ1) is 13.5. The molecule has 0 saturated heterocycles. The van der Waals surface area contributed by atoms with Gasteiger partial charge in [0.15, 0.2) is 0 Å². The first-order valence-corrected chi connectivity index (χ1v) is 6.58. The van der Waals surface area contributed by atoms with E-state index in [1.165, 1.54) is 0 Å². The molecule has 1 heterocycles. The van der Waals surface area contributed by atoms with Crippen LogP contribution in [0.4, 0.5) is 5.82 Å². The topological polar surface area (TPSA) is 59.2 Å². The summed E-state index contributed by atoms with van der Waals surface area (Å²) in [5.74, 6) is 0.203. The van der Waals surface area contributed by atoms with Gasteiger partial charge in [-0.25, -0.2) is 4.98 Å². The first-order valence-electron chi connectivity index (χ1n) is 5.78. The maximum absolute atomic E-state index is 12.2. The van der Waals surface area contributed by atoms with Crippen LogP contribution in [0.1, 0.15) is 16.1 Å². The Morgan fingerprint density at radius 3 is 2.74 bits per heavy atom. The van der Waals surface area contributed by atoms with Crippen LogP contribution in [-0.4, -0.2) is 22.8 Å². The Morgan fingerprint density at radius 2 is 2.05 bits per heavy atom. The van der Waals surface area contributed by atoms with Crippen molar-refractivity contribution >= 4 is 27.7 Å². The third-order valence-electron chi connectivity index (χ3n) is 2.65. The molecule has 0 bridgehead atoms. The van der Waals surface area contributed by atoms with E-state index < -0.39 is 0 Å². The van der Waals surface area contributed by atoms with E-state index in [9.17, 15) is 4.79 Å². The highest BCUT2D eigenvalue weighted by Crippen LogP contribution is 2.14. The zero-order valence-corrected chi connectivity index (χ0v) is 12.1. The molecule has 0 fully saturated rings. The largest absolute Gasteiger partial charge is 0.384 e. The molecular weight excluding hydrogens is 306 g/mol. The highest BCUT2D eigenvalue weighted by Gasteiger charge is 2.13. The van der Waals surface area contributed by atoms with E-state index in [0.717, 1.165) is 10.0 Å². The SMILES string of the molecule is CN(Cc1cccc(Br)c1)C(=O)c1cccc(N)n1. The van der Waals surface area contributed by atoms with Gasteiger partial charge in [-0.3, -0.25) is 4.79 Å². The van der Waals surface area contributed by atoms with Crippen molar-refractivity contribution in [1.82, 2.24) is 9.88 Å². The molecule has 0 aliphatic rings. The lowest BCUT2D eigenvalue weighted by Crippen LogP contribution is -2.27. The van der Waals surface area contributed by atoms with Crippen molar-refractivity contribution in [3.05, 3.63) is 58.2 Å². The second-order valence-electron chi connectivity index (χ2n) is 4.24. The highest BCUT2D eigenvalue weighted by molar-refractivity contribution is 9.10. The molecule has 5 heteroatoms. The van der Waals surface area contributed by atoms with E-state index in [0.29, 0.717) is 18.1 Å². The van der Waals surface area contributed by atoms with Gasteiger partial charge in [0.1, 0.15) is 11.5 Å². The summed E-state index contributed by atoms with van der Waals surface area (Å²) in [6, 6.07) is 12.9. The van der Waals surface area contributed by atoms with Crippen LogP contribution < -0.4 is 5.73 Å². The number of pyridine rings is 1. The van der Waals surface area contributed by atoms with Crippen molar-refractivity contribution < 1.29 is 4.79 Å². The van der Waals surface area contributed by atoms with Crippen molar-refractivity contribution in [1.29, 1.82) is 0 Å². The fourth-order valence-electron chi connectivity index (χ4n) is 1.75. The number of hydrogen-bond acceptors (Lipinski definition) is 3. The molecule has 2 rings (SSSR count). The average molecular weight is 320 g/mol. The summed E-state index contributed by atoms with van der Waals surface area (Å²) in [6.45, 7) is 0.523. The summed E-state index contributed by atoms with van der Waals surface area (Å²) in [6.07, 6.45) is 0. The Hall–Kier alpha value is -1.88. The third-order valence-corrected chi connectivity index (χ3v) is 3.14. The van der Waals surface area contributed by atoms with Gasteiger partial charge >= 0.3 is 0 Å². The molecule has 0 atom stereocenters. The van der Waals surface area contributed by atoms with Gasteiger partial charge in [0.25, 0.3) is 5.91 Å². The standard InChI is InChI=1S/C14H14BrN3O/c1-18(9-10-4-2-5-11(15)8-10)14(19)12-6-3-7-13(16)17-12/h2-8H,9H2,1H3,(H2,16,17). The minimum atomic E-state index is -0.146. The number of anilines is 1. The quantitative estimate of drug-likeness (QED) is 0.946. The number of nitrogen functional groups attached to an aromatic ring is 1. The predicted molar refractivity (Wildman–Crippen MR) is 78.6 cm³/mol. The van der Waals surface area contributed by atoms with Crippen LogP contribution in [0.3, 0.4) is 0 Å². The lowest BCUT2D eigenvalue weighted by molar-refractivity contribution is 0.0779. The maximum Gasteiger partial charge on any atom is 0.272 e. The molecule has 98 valence electrons. The number of hydrogen-bond donors (Lipinski definition) is 1. The minimum absolute atomic E-state index is 0.146. The van der Waals surface area contributed by atoms with E-state index >= 15 is 0 Å². The second kappa shape index (κ2) is 5.84. The zero-order chi connectivity index (χ0) is 13.8. The number of amides is 1. The molecule has 0 saturated carbocycles. The molecule has 0 aliphatic heterocycles. The van der Waals surface area contributed by atoms with E-state index in [4.69, 9.17) is 5.73 Å². The number of carbonyl (C=O) groups is 1. The molecule has 1 aromatic heterocycles. The van der Waals surface area contributed by atoms with Gasteiger partial charge in [-0.15, -0.1) is 0 Å². The fraction of sp³-hybridized carbons (Fsp3) is 0.143. The Labute approximate surface area is 120 Å². The summed E-state index contributed by atoms with van der Waals surface area (Å²) in [4.78, 5) is 17.8. The number of benzene rings is 1. The molecular formula is C14H14BrN3O. The van der Waals surface area contributed by atoms with E-state index in [1.807, 2.05) is 24.3 Å². The van der Waals surface area contributed by atoms with E-state index in [1.54, 1.807) is 30.1 Å². The van der Waals surface area contributed by atoms with Crippen molar-refractivity contribution in [2.75, 3.05) is 12.8 Å². The van der Waals surface area contributed by atoms with Crippen LogP contribution in [-0.2, 0) is 6.54 Å². The number of nitrogens with zero attached hydrogens (tertiary/aromatic N) is 2. The predicted octanol–water partition coefficient (Wildman–Crippen LogP) is 2.70. The number of rotatable bonds is 3. The van der Waals surface area contributed by atoms with Crippen LogP contribution in [0, 0.1) is 0 Å². The van der Waals surface area contributed by atoms with Crippen molar-refractivity contribution in [2.45, 2.75) is 6.54 Å². The van der Waals surface area contributed by atoms with Gasteiger partial charge in [-0.05, 0) is 29.8 Å². The van der Waals surface area contributed by atoms with Gasteiger partial charge in [-0.2, -0.15) is 0 Å². The van der Waals surface area contributed by atoms with Gasteiger partial charge in [0.2, 0.25) is 0 Å². The number of aromatic nitrogens is 1. The summed E-state index contributed by atoms with van der Waals surface area (Å²) in [5, 5.41) is 0. The van der Waals surface area contributed by atoms with Crippen LogP contribution >= 0.6 is 15.9 Å². The summed E-state index contributed by atoms with van der Waals surface area (Å²) >= 11 is 3.41. The first-order chi connectivity index (χ1) is 9.06. The van der Waals surface area contributed by atoms with Crippen LogP contribution in [0.5, 0.6) is 0 Å². The van der Waals surface area contributed by atoms with Gasteiger partial charge in [0.05, 0.1) is 0 Å². The highest BCUT2D eigenvalue weighted by atomic mass is 79.9. The molecule has 2 N–H and O–H groups in total. The minimum Gasteiger partial charge on any atom is -0.384 e. The van der Waals surface area contributed by atoms with Crippen molar-refractivity contribution in [3.8, 4) is 0 Å². The number of nitrogens with two attached hydrogens (primary N) is 1. The monoisotopic (exact) mass is 319 g/mol. The molecule has 0 radical (unpaired) electrons. The molecule has 2 aromatic rings. The lowest BCUT2D eigenvalue weighted by Gasteiger charge is -2.17. The fourth-order valence-corrected chi connectivity index (χ4v) is 2.19. The lowest BCUT2D eigenvalue weighted by atomic mass is 10.2. The third kappa shape index (κ3) is 3.54. The van der Waals surface area contributed by atoms with Crippen LogP contribution in [0.15, 0.2) is 46.9 Å². The molecule has 0 unspecified atom stereocenters. The normalized spacial score (nSPS) is 10.2. The maximum atomic E-state index is 12.2. The Bertz CT molecular complexity index is 601. The second-order valence-corrected chi connectivity index (χ2v) is 5.15.